The molecule has 4 aromatic rings. The number of carboxylic acid groups (broad SMARTS) is 2. The van der Waals surface area contributed by atoms with E-state index < -0.39 is 35.8 Å². The number of carbonyl (C=O) groups is 5. The third kappa shape index (κ3) is 6.36. The Kier molecular flexibility index (Phi) is 8.69. The largest absolute Gasteiger partial charge is 0.480 e. The standard InChI is InChI=1S/C32H25NO8/c34-27(41-20-32(30(37)38,31(39)40)23-11-5-2-6-12-23)19-21-15-17-24(18-16-21)33-29(36)26-14-8-7-13-25(26)28(35)22-9-3-1-4-10-22/h1-18H,19-20H2,(H,33,36)(H,37,38)(H,39,40). The summed E-state index contributed by atoms with van der Waals surface area (Å²) in [5.41, 5.74) is -0.671. The number of carboxylic acids is 2. The van der Waals surface area contributed by atoms with Crippen molar-refractivity contribution >= 4 is 35.3 Å². The third-order valence-electron chi connectivity index (χ3n) is 6.46. The Morgan fingerprint density at radius 1 is 0.659 bits per heavy atom. The summed E-state index contributed by atoms with van der Waals surface area (Å²) < 4.78 is 5.11. The SMILES string of the molecule is O=C(Cc1ccc(NC(=O)c2ccccc2C(=O)c2ccccc2)cc1)OCC(C(=O)O)(C(=O)O)c1ccccc1. The Morgan fingerprint density at radius 3 is 1.78 bits per heavy atom. The van der Waals surface area contributed by atoms with Crippen LogP contribution in [0.5, 0.6) is 0 Å². The van der Waals surface area contributed by atoms with E-state index in [4.69, 9.17) is 4.74 Å². The van der Waals surface area contributed by atoms with Crippen LogP contribution in [0.2, 0.25) is 0 Å². The van der Waals surface area contributed by atoms with Gasteiger partial charge in [0.1, 0.15) is 6.61 Å². The van der Waals surface area contributed by atoms with E-state index in [1.807, 2.05) is 0 Å². The lowest BCUT2D eigenvalue weighted by molar-refractivity contribution is -0.163. The number of ketones is 1. The lowest BCUT2D eigenvalue weighted by Gasteiger charge is -2.25. The molecule has 0 aliphatic rings. The smallest absolute Gasteiger partial charge is 0.329 e. The first kappa shape index (κ1) is 28.4. The fraction of sp³-hybridized carbons (Fsp3) is 0.0938. The summed E-state index contributed by atoms with van der Waals surface area (Å²) >= 11 is 0. The molecule has 41 heavy (non-hydrogen) atoms. The van der Waals surface area contributed by atoms with E-state index in [1.165, 1.54) is 24.3 Å². The number of benzene rings is 4. The predicted octanol–water partition coefficient (Wildman–Crippen LogP) is 4.36. The van der Waals surface area contributed by atoms with E-state index in [2.05, 4.69) is 5.32 Å². The summed E-state index contributed by atoms with van der Waals surface area (Å²) in [6.45, 7) is -0.893. The Hall–Kier alpha value is -5.57. The fourth-order valence-electron chi connectivity index (χ4n) is 4.20. The molecule has 3 N–H and O–H groups in total. The van der Waals surface area contributed by atoms with Gasteiger partial charge in [-0.15, -0.1) is 0 Å². The Morgan fingerprint density at radius 2 is 1.20 bits per heavy atom. The van der Waals surface area contributed by atoms with Gasteiger partial charge in [0, 0.05) is 16.8 Å². The van der Waals surface area contributed by atoms with Gasteiger partial charge in [-0.25, -0.2) is 0 Å². The first-order valence-corrected chi connectivity index (χ1v) is 12.5. The van der Waals surface area contributed by atoms with E-state index in [0.717, 1.165) is 0 Å². The van der Waals surface area contributed by atoms with Crippen molar-refractivity contribution in [2.24, 2.45) is 0 Å². The predicted molar refractivity (Wildman–Crippen MR) is 149 cm³/mol. The van der Waals surface area contributed by atoms with Gasteiger partial charge < -0.3 is 20.3 Å². The number of nitrogens with one attached hydrogen (secondary N) is 1. The molecule has 4 aromatic carbocycles. The molecule has 0 heterocycles. The average Bonchev–Trinajstić information content (AvgIpc) is 2.98. The zero-order valence-electron chi connectivity index (χ0n) is 21.7. The van der Waals surface area contributed by atoms with E-state index in [0.29, 0.717) is 16.8 Å². The van der Waals surface area contributed by atoms with E-state index in [1.54, 1.807) is 84.9 Å². The maximum absolute atomic E-state index is 13.0. The lowest BCUT2D eigenvalue weighted by atomic mass is 9.81. The summed E-state index contributed by atoms with van der Waals surface area (Å²) in [4.78, 5) is 62.4. The van der Waals surface area contributed by atoms with Crippen molar-refractivity contribution in [1.29, 1.82) is 0 Å². The second-order valence-corrected chi connectivity index (χ2v) is 9.11. The number of rotatable bonds is 11. The molecule has 9 nitrogen and oxygen atoms in total. The van der Waals surface area contributed by atoms with Gasteiger partial charge in [-0.05, 0) is 29.3 Å². The molecule has 0 unspecified atom stereocenters. The Bertz CT molecular complexity index is 1570. The van der Waals surface area contributed by atoms with Crippen LogP contribution in [-0.2, 0) is 31.0 Å². The highest BCUT2D eigenvalue weighted by atomic mass is 16.5. The number of carbonyl (C=O) groups excluding carboxylic acids is 3. The van der Waals surface area contributed by atoms with Crippen LogP contribution in [0.25, 0.3) is 0 Å². The molecule has 0 bridgehead atoms. The summed E-state index contributed by atoms with van der Waals surface area (Å²) in [6.07, 6.45) is -0.257. The summed E-state index contributed by atoms with van der Waals surface area (Å²) in [5.74, 6) is -4.91. The number of ether oxygens (including phenoxy) is 1. The quantitative estimate of drug-likeness (QED) is 0.142. The number of anilines is 1. The van der Waals surface area contributed by atoms with Crippen LogP contribution in [0.4, 0.5) is 5.69 Å². The second kappa shape index (κ2) is 12.5. The Balaban J connectivity index is 1.41. The second-order valence-electron chi connectivity index (χ2n) is 9.11. The normalized spacial score (nSPS) is 10.8. The average molecular weight is 552 g/mol. The lowest BCUT2D eigenvalue weighted by Crippen LogP contribution is -2.48. The van der Waals surface area contributed by atoms with Crippen molar-refractivity contribution in [2.75, 3.05) is 11.9 Å². The molecule has 1 amide bonds. The van der Waals surface area contributed by atoms with Crippen LogP contribution < -0.4 is 5.32 Å². The van der Waals surface area contributed by atoms with E-state index >= 15 is 0 Å². The maximum atomic E-state index is 13.0. The van der Waals surface area contributed by atoms with Crippen molar-refractivity contribution in [3.63, 3.8) is 0 Å². The molecular formula is C32H25NO8. The Labute approximate surface area is 235 Å². The number of hydrogen-bond donors (Lipinski definition) is 3. The summed E-state index contributed by atoms with van der Waals surface area (Å²) in [6, 6.07) is 28.6. The minimum atomic E-state index is -2.46. The molecule has 0 saturated carbocycles. The van der Waals surface area contributed by atoms with Crippen molar-refractivity contribution < 1.29 is 38.9 Å². The first-order chi connectivity index (χ1) is 19.7. The van der Waals surface area contributed by atoms with Crippen molar-refractivity contribution in [3.8, 4) is 0 Å². The fourth-order valence-corrected chi connectivity index (χ4v) is 4.20. The van der Waals surface area contributed by atoms with Gasteiger partial charge in [0.15, 0.2) is 5.78 Å². The van der Waals surface area contributed by atoms with Crippen molar-refractivity contribution in [2.45, 2.75) is 11.8 Å². The molecule has 0 atom stereocenters. The van der Waals surface area contributed by atoms with Crippen LogP contribution in [0.1, 0.15) is 37.4 Å². The molecule has 0 spiro atoms. The van der Waals surface area contributed by atoms with Gasteiger partial charge in [-0.2, -0.15) is 0 Å². The van der Waals surface area contributed by atoms with Gasteiger partial charge in [0.05, 0.1) is 12.0 Å². The highest BCUT2D eigenvalue weighted by Crippen LogP contribution is 2.26. The van der Waals surface area contributed by atoms with Gasteiger partial charge in [0.25, 0.3) is 5.91 Å². The van der Waals surface area contributed by atoms with E-state index in [9.17, 15) is 34.2 Å². The minimum absolute atomic E-state index is 0.0278. The minimum Gasteiger partial charge on any atom is -0.480 e. The van der Waals surface area contributed by atoms with Crippen LogP contribution in [0.3, 0.4) is 0 Å². The van der Waals surface area contributed by atoms with Crippen LogP contribution in [0.15, 0.2) is 109 Å². The third-order valence-corrected chi connectivity index (χ3v) is 6.46. The number of amides is 1. The number of aliphatic carboxylic acids is 2. The number of hydrogen-bond acceptors (Lipinski definition) is 6. The molecule has 0 aromatic heterocycles. The van der Waals surface area contributed by atoms with Crippen molar-refractivity contribution in [1.82, 2.24) is 0 Å². The molecule has 0 radical (unpaired) electrons. The first-order valence-electron chi connectivity index (χ1n) is 12.5. The molecule has 4 rings (SSSR count). The van der Waals surface area contributed by atoms with Gasteiger partial charge in [-0.3, -0.25) is 24.0 Å². The zero-order chi connectivity index (χ0) is 29.4. The highest BCUT2D eigenvalue weighted by molar-refractivity contribution is 6.17. The summed E-state index contributed by atoms with van der Waals surface area (Å²) in [5, 5.41) is 22.2. The summed E-state index contributed by atoms with van der Waals surface area (Å²) in [7, 11) is 0. The van der Waals surface area contributed by atoms with Gasteiger partial charge in [-0.1, -0.05) is 91.0 Å². The van der Waals surface area contributed by atoms with Crippen LogP contribution in [0, 0.1) is 0 Å². The highest BCUT2D eigenvalue weighted by Gasteiger charge is 2.50. The molecule has 0 fully saturated rings. The zero-order valence-corrected chi connectivity index (χ0v) is 21.7. The molecule has 206 valence electrons. The van der Waals surface area contributed by atoms with Gasteiger partial charge >= 0.3 is 17.9 Å². The van der Waals surface area contributed by atoms with Crippen molar-refractivity contribution in [3.05, 3.63) is 137 Å². The van der Waals surface area contributed by atoms with Gasteiger partial charge in [0.2, 0.25) is 5.41 Å². The molecule has 0 aliphatic heterocycles. The maximum Gasteiger partial charge on any atom is 0.329 e. The molecule has 0 aliphatic carbocycles. The number of esters is 1. The van der Waals surface area contributed by atoms with Crippen LogP contribution in [-0.4, -0.2) is 46.4 Å². The van der Waals surface area contributed by atoms with E-state index in [-0.39, 0.29) is 28.9 Å². The van der Waals surface area contributed by atoms with Crippen LogP contribution >= 0.6 is 0 Å². The molecule has 0 saturated heterocycles. The monoisotopic (exact) mass is 551 g/mol. The topological polar surface area (TPSA) is 147 Å². The molecule has 9 heteroatoms. The molecular weight excluding hydrogens is 526 g/mol.